The fraction of sp³-hybridized carbons (Fsp3) is 0.286. The highest BCUT2D eigenvalue weighted by atomic mass is 19.1. The van der Waals surface area contributed by atoms with Crippen molar-refractivity contribution in [2.75, 3.05) is 0 Å². The zero-order chi connectivity index (χ0) is 14.2. The number of nitrogens with one attached hydrogen (secondary N) is 1. The van der Waals surface area contributed by atoms with Crippen molar-refractivity contribution in [3.05, 3.63) is 63.3 Å². The number of H-pyrrole nitrogens is 1. The van der Waals surface area contributed by atoms with E-state index in [0.29, 0.717) is 5.82 Å². The lowest BCUT2D eigenvalue weighted by Crippen LogP contribution is -2.28. The molecule has 0 saturated heterocycles. The molecule has 0 fully saturated rings. The van der Waals surface area contributed by atoms with E-state index < -0.39 is 16.8 Å². The summed E-state index contributed by atoms with van der Waals surface area (Å²) in [7, 11) is 0. The highest BCUT2D eigenvalue weighted by Gasteiger charge is 2.27. The van der Waals surface area contributed by atoms with E-state index in [2.05, 4.69) is 9.97 Å². The molecular formula is C14H14F2N2O. The molecule has 5 heteroatoms. The molecular weight excluding hydrogens is 250 g/mol. The van der Waals surface area contributed by atoms with Crippen LogP contribution in [0.4, 0.5) is 8.78 Å². The summed E-state index contributed by atoms with van der Waals surface area (Å²) in [6, 6.07) is 5.92. The van der Waals surface area contributed by atoms with Gasteiger partial charge in [-0.3, -0.25) is 4.79 Å². The van der Waals surface area contributed by atoms with Crippen LogP contribution in [0.3, 0.4) is 0 Å². The van der Waals surface area contributed by atoms with Crippen LogP contribution in [0, 0.1) is 18.6 Å². The summed E-state index contributed by atoms with van der Waals surface area (Å²) < 4.78 is 26.2. The first-order valence-electron chi connectivity index (χ1n) is 5.85. The van der Waals surface area contributed by atoms with Gasteiger partial charge in [0.05, 0.1) is 5.69 Å². The van der Waals surface area contributed by atoms with Gasteiger partial charge in [-0.05, 0) is 38.5 Å². The van der Waals surface area contributed by atoms with Gasteiger partial charge in [-0.2, -0.15) is 4.39 Å². The monoisotopic (exact) mass is 264 g/mol. The Balaban J connectivity index is 2.56. The summed E-state index contributed by atoms with van der Waals surface area (Å²) >= 11 is 0. The van der Waals surface area contributed by atoms with E-state index in [-0.39, 0.29) is 11.5 Å². The summed E-state index contributed by atoms with van der Waals surface area (Å²) in [5.74, 6) is -0.863. The minimum atomic E-state index is -0.876. The molecule has 0 bridgehead atoms. The van der Waals surface area contributed by atoms with Crippen molar-refractivity contribution in [1.82, 2.24) is 9.97 Å². The Morgan fingerprint density at radius 2 is 1.74 bits per heavy atom. The molecule has 1 aromatic carbocycles. The van der Waals surface area contributed by atoms with E-state index >= 15 is 0 Å². The van der Waals surface area contributed by atoms with Crippen LogP contribution < -0.4 is 5.56 Å². The lowest BCUT2D eigenvalue weighted by Gasteiger charge is -2.24. The topological polar surface area (TPSA) is 45.8 Å². The fourth-order valence-corrected chi connectivity index (χ4v) is 1.87. The van der Waals surface area contributed by atoms with Crippen LogP contribution in [0.25, 0.3) is 0 Å². The van der Waals surface area contributed by atoms with Crippen LogP contribution in [-0.4, -0.2) is 9.97 Å². The Hall–Kier alpha value is -2.04. The maximum Gasteiger partial charge on any atom is 0.287 e. The van der Waals surface area contributed by atoms with Crippen LogP contribution in [0.1, 0.15) is 30.9 Å². The number of halogens is 2. The highest BCUT2D eigenvalue weighted by molar-refractivity contribution is 5.31. The standard InChI is InChI=1S/C14H14F2N2O/c1-8-11(16)12(19)18-13(17-8)14(2,3)9-4-6-10(15)7-5-9/h4-7H,1-3H3,(H,17,18,19). The minimum Gasteiger partial charge on any atom is -0.307 e. The number of rotatable bonds is 2. The molecule has 2 rings (SSSR count). The second kappa shape index (κ2) is 4.57. The smallest absolute Gasteiger partial charge is 0.287 e. The molecule has 0 atom stereocenters. The number of hydrogen-bond acceptors (Lipinski definition) is 2. The van der Waals surface area contributed by atoms with Crippen molar-refractivity contribution in [3.63, 3.8) is 0 Å². The number of nitrogens with zero attached hydrogens (tertiary/aromatic N) is 1. The van der Waals surface area contributed by atoms with E-state index in [1.54, 1.807) is 12.1 Å². The summed E-state index contributed by atoms with van der Waals surface area (Å²) in [5.41, 5.74) is -0.611. The molecule has 1 aromatic heterocycles. The Morgan fingerprint density at radius 3 is 2.26 bits per heavy atom. The number of aryl methyl sites for hydroxylation is 1. The molecule has 0 aliphatic rings. The average molecular weight is 264 g/mol. The molecule has 0 radical (unpaired) electrons. The Kier molecular flexibility index (Phi) is 3.22. The third kappa shape index (κ3) is 2.41. The Bertz CT molecular complexity index is 660. The molecule has 0 aliphatic heterocycles. The largest absolute Gasteiger partial charge is 0.307 e. The zero-order valence-electron chi connectivity index (χ0n) is 10.9. The summed E-state index contributed by atoms with van der Waals surface area (Å²) in [6.07, 6.45) is 0. The van der Waals surface area contributed by atoms with Crippen molar-refractivity contribution >= 4 is 0 Å². The highest BCUT2D eigenvalue weighted by Crippen LogP contribution is 2.28. The van der Waals surface area contributed by atoms with Crippen molar-refractivity contribution < 1.29 is 8.78 Å². The van der Waals surface area contributed by atoms with Gasteiger partial charge in [0.1, 0.15) is 11.6 Å². The maximum atomic E-state index is 13.3. The molecule has 0 spiro atoms. The average Bonchev–Trinajstić information content (AvgIpc) is 2.35. The van der Waals surface area contributed by atoms with Crippen molar-refractivity contribution in [2.24, 2.45) is 0 Å². The van der Waals surface area contributed by atoms with Crippen LogP contribution in [-0.2, 0) is 5.41 Å². The second-order valence-corrected chi connectivity index (χ2v) is 4.95. The Morgan fingerprint density at radius 1 is 1.16 bits per heavy atom. The molecule has 2 aromatic rings. The molecule has 1 heterocycles. The van der Waals surface area contributed by atoms with E-state index in [4.69, 9.17) is 0 Å². The van der Waals surface area contributed by atoms with Crippen LogP contribution in [0.2, 0.25) is 0 Å². The first-order valence-corrected chi connectivity index (χ1v) is 5.85. The van der Waals surface area contributed by atoms with Gasteiger partial charge < -0.3 is 4.98 Å². The third-order valence-corrected chi connectivity index (χ3v) is 3.19. The van der Waals surface area contributed by atoms with Gasteiger partial charge in [0, 0.05) is 5.41 Å². The van der Waals surface area contributed by atoms with Gasteiger partial charge in [0.25, 0.3) is 5.56 Å². The van der Waals surface area contributed by atoms with Gasteiger partial charge in [0.2, 0.25) is 5.82 Å². The molecule has 0 saturated carbocycles. The first kappa shape index (κ1) is 13.4. The molecule has 0 unspecified atom stereocenters. The van der Waals surface area contributed by atoms with Gasteiger partial charge in [-0.15, -0.1) is 0 Å². The van der Waals surface area contributed by atoms with Crippen LogP contribution in [0.5, 0.6) is 0 Å². The normalized spacial score (nSPS) is 11.6. The SMILES string of the molecule is Cc1nc(C(C)(C)c2ccc(F)cc2)[nH]c(=O)c1F. The van der Waals surface area contributed by atoms with E-state index in [9.17, 15) is 13.6 Å². The second-order valence-electron chi connectivity index (χ2n) is 4.95. The first-order chi connectivity index (χ1) is 8.82. The van der Waals surface area contributed by atoms with Crippen LogP contribution in [0.15, 0.2) is 29.1 Å². The molecule has 0 aliphatic carbocycles. The predicted octanol–water partition coefficient (Wildman–Crippen LogP) is 2.68. The third-order valence-electron chi connectivity index (χ3n) is 3.19. The van der Waals surface area contributed by atoms with Crippen molar-refractivity contribution in [3.8, 4) is 0 Å². The number of hydrogen-bond donors (Lipinski definition) is 1. The minimum absolute atomic E-state index is 0.0499. The predicted molar refractivity (Wildman–Crippen MR) is 68.1 cm³/mol. The van der Waals surface area contributed by atoms with Gasteiger partial charge in [0.15, 0.2) is 0 Å². The van der Waals surface area contributed by atoms with Crippen molar-refractivity contribution in [2.45, 2.75) is 26.2 Å². The molecule has 3 nitrogen and oxygen atoms in total. The van der Waals surface area contributed by atoms with E-state index in [1.165, 1.54) is 19.1 Å². The van der Waals surface area contributed by atoms with Crippen LogP contribution >= 0.6 is 0 Å². The summed E-state index contributed by atoms with van der Waals surface area (Å²) in [5, 5.41) is 0. The number of aromatic amines is 1. The summed E-state index contributed by atoms with van der Waals surface area (Å²) in [4.78, 5) is 18.0. The molecule has 100 valence electrons. The molecule has 1 N–H and O–H groups in total. The number of benzene rings is 1. The van der Waals surface area contributed by atoms with Gasteiger partial charge >= 0.3 is 0 Å². The van der Waals surface area contributed by atoms with Gasteiger partial charge in [-0.1, -0.05) is 12.1 Å². The van der Waals surface area contributed by atoms with E-state index in [1.807, 2.05) is 13.8 Å². The summed E-state index contributed by atoms with van der Waals surface area (Å²) in [6.45, 7) is 5.10. The lowest BCUT2D eigenvalue weighted by atomic mass is 9.83. The van der Waals surface area contributed by atoms with Gasteiger partial charge in [-0.25, -0.2) is 9.37 Å². The molecule has 19 heavy (non-hydrogen) atoms. The maximum absolute atomic E-state index is 13.3. The zero-order valence-corrected chi connectivity index (χ0v) is 10.9. The molecule has 0 amide bonds. The Labute approximate surface area is 109 Å². The lowest BCUT2D eigenvalue weighted by molar-refractivity contribution is 0.540. The van der Waals surface area contributed by atoms with Crippen molar-refractivity contribution in [1.29, 1.82) is 0 Å². The number of aromatic nitrogens is 2. The van der Waals surface area contributed by atoms with E-state index in [0.717, 1.165) is 5.56 Å². The fourth-order valence-electron chi connectivity index (χ4n) is 1.87. The quantitative estimate of drug-likeness (QED) is 0.906.